The minimum atomic E-state index is -0.164. The molecule has 2 amide bonds. The van der Waals surface area contributed by atoms with Crippen molar-refractivity contribution in [1.29, 1.82) is 0 Å². The van der Waals surface area contributed by atoms with Crippen LogP contribution in [0.1, 0.15) is 34.7 Å². The molecule has 0 aliphatic heterocycles. The maximum Gasteiger partial charge on any atom is 0.247 e. The van der Waals surface area contributed by atoms with E-state index in [1.165, 1.54) is 4.88 Å². The third kappa shape index (κ3) is 8.77. The molecule has 202 valence electrons. The summed E-state index contributed by atoms with van der Waals surface area (Å²) in [5, 5.41) is 0. The van der Waals surface area contributed by atoms with Gasteiger partial charge >= 0.3 is 0 Å². The van der Waals surface area contributed by atoms with E-state index in [0.717, 1.165) is 16.0 Å². The number of ether oxygens (including phenoxy) is 2. The lowest BCUT2D eigenvalue weighted by Crippen LogP contribution is -2.44. The molecule has 3 aromatic rings. The van der Waals surface area contributed by atoms with Gasteiger partial charge in [0, 0.05) is 28.9 Å². The van der Waals surface area contributed by atoms with Crippen molar-refractivity contribution < 1.29 is 19.1 Å². The van der Waals surface area contributed by atoms with Crippen molar-refractivity contribution in [3.63, 3.8) is 0 Å². The number of nitrogens with zero attached hydrogens (tertiary/aromatic N) is 2. The van der Waals surface area contributed by atoms with Crippen LogP contribution in [0.2, 0.25) is 0 Å². The van der Waals surface area contributed by atoms with Crippen LogP contribution in [0, 0.1) is 12.8 Å². The van der Waals surface area contributed by atoms with E-state index in [1.54, 1.807) is 42.6 Å². The number of carbonyl (C=O) groups excluding carboxylic acids is 2. The Morgan fingerprint density at radius 3 is 2.32 bits per heavy atom. The van der Waals surface area contributed by atoms with Gasteiger partial charge in [-0.25, -0.2) is 0 Å². The smallest absolute Gasteiger partial charge is 0.247 e. The van der Waals surface area contributed by atoms with E-state index in [0.29, 0.717) is 37.6 Å². The molecule has 0 aliphatic carbocycles. The van der Waals surface area contributed by atoms with Gasteiger partial charge in [0.15, 0.2) is 11.5 Å². The van der Waals surface area contributed by atoms with Crippen LogP contribution in [0.3, 0.4) is 0 Å². The molecular weight excluding hydrogens is 496 g/mol. The van der Waals surface area contributed by atoms with Crippen LogP contribution >= 0.6 is 11.3 Å². The minimum absolute atomic E-state index is 0.0342. The first-order valence-corrected chi connectivity index (χ1v) is 13.7. The van der Waals surface area contributed by atoms with Crippen LogP contribution < -0.4 is 9.47 Å². The van der Waals surface area contributed by atoms with Gasteiger partial charge < -0.3 is 19.3 Å². The van der Waals surface area contributed by atoms with E-state index in [1.807, 2.05) is 53.4 Å². The number of carbonyl (C=O) groups is 2. The molecule has 3 rings (SSSR count). The van der Waals surface area contributed by atoms with Crippen molar-refractivity contribution >= 4 is 29.2 Å². The van der Waals surface area contributed by atoms with E-state index in [9.17, 15) is 9.59 Å². The molecule has 0 saturated carbocycles. The van der Waals surface area contributed by atoms with E-state index in [-0.39, 0.29) is 24.3 Å². The Hall–Kier alpha value is -3.58. The van der Waals surface area contributed by atoms with Crippen molar-refractivity contribution in [2.24, 2.45) is 5.92 Å². The summed E-state index contributed by atoms with van der Waals surface area (Å²) in [6.45, 7) is 7.73. The zero-order valence-electron chi connectivity index (χ0n) is 23.0. The zero-order valence-corrected chi connectivity index (χ0v) is 23.8. The summed E-state index contributed by atoms with van der Waals surface area (Å²) in [6.07, 6.45) is 4.01. The maximum absolute atomic E-state index is 13.6. The van der Waals surface area contributed by atoms with Crippen LogP contribution in [0.15, 0.2) is 66.7 Å². The van der Waals surface area contributed by atoms with Gasteiger partial charge in [0.05, 0.1) is 20.8 Å². The first-order chi connectivity index (χ1) is 18.3. The number of methoxy groups -OCH3 is 2. The number of rotatable bonds is 13. The molecule has 2 aromatic carbocycles. The lowest BCUT2D eigenvalue weighted by atomic mass is 10.1. The lowest BCUT2D eigenvalue weighted by molar-refractivity contribution is -0.138. The van der Waals surface area contributed by atoms with E-state index in [2.05, 4.69) is 32.9 Å². The van der Waals surface area contributed by atoms with Gasteiger partial charge in [0.25, 0.3) is 0 Å². The summed E-state index contributed by atoms with van der Waals surface area (Å²) >= 11 is 1.69. The van der Waals surface area contributed by atoms with E-state index < -0.39 is 0 Å². The standard InChI is InChI=1S/C31H38N2O4S/c1-23(2)20-33(30(34)16-13-25-9-7-6-8-10-25)22-31(35)32(21-27-14-11-24(3)38-27)18-17-26-12-15-28(36-4)29(19-26)37-5/h6-16,19,23H,17-18,20-22H2,1-5H3. The van der Waals surface area contributed by atoms with Crippen molar-refractivity contribution in [2.75, 3.05) is 33.9 Å². The minimum Gasteiger partial charge on any atom is -0.493 e. The Morgan fingerprint density at radius 1 is 0.947 bits per heavy atom. The molecule has 0 fully saturated rings. The van der Waals surface area contributed by atoms with Gasteiger partial charge in [0.2, 0.25) is 11.8 Å². The number of thiophene rings is 1. The summed E-state index contributed by atoms with van der Waals surface area (Å²) in [5.74, 6) is 1.33. The first-order valence-electron chi connectivity index (χ1n) is 12.8. The Bertz CT molecular complexity index is 1220. The van der Waals surface area contributed by atoms with Crippen LogP contribution in [0.25, 0.3) is 6.08 Å². The highest BCUT2D eigenvalue weighted by Crippen LogP contribution is 2.28. The molecule has 0 N–H and O–H groups in total. The number of hydrogen-bond acceptors (Lipinski definition) is 5. The molecule has 1 heterocycles. The highest BCUT2D eigenvalue weighted by molar-refractivity contribution is 7.11. The van der Waals surface area contributed by atoms with Crippen molar-refractivity contribution in [1.82, 2.24) is 9.80 Å². The average molecular weight is 535 g/mol. The molecule has 0 aliphatic rings. The Labute approximate surface area is 230 Å². The molecule has 6 nitrogen and oxygen atoms in total. The van der Waals surface area contributed by atoms with E-state index in [4.69, 9.17) is 9.47 Å². The highest BCUT2D eigenvalue weighted by atomic mass is 32.1. The molecule has 0 spiro atoms. The van der Waals surface area contributed by atoms with Crippen LogP contribution in [-0.2, 0) is 22.6 Å². The predicted molar refractivity (Wildman–Crippen MR) is 155 cm³/mol. The molecule has 0 bridgehead atoms. The highest BCUT2D eigenvalue weighted by Gasteiger charge is 2.22. The molecule has 38 heavy (non-hydrogen) atoms. The summed E-state index contributed by atoms with van der Waals surface area (Å²) in [5.41, 5.74) is 1.99. The third-order valence-electron chi connectivity index (χ3n) is 6.06. The first kappa shape index (κ1) is 29.0. The van der Waals surface area contributed by atoms with Gasteiger partial charge in [0.1, 0.15) is 6.54 Å². The third-order valence-corrected chi connectivity index (χ3v) is 7.04. The van der Waals surface area contributed by atoms with Crippen molar-refractivity contribution in [3.8, 4) is 11.5 Å². The van der Waals surface area contributed by atoms with E-state index >= 15 is 0 Å². The largest absolute Gasteiger partial charge is 0.493 e. The Morgan fingerprint density at radius 2 is 1.68 bits per heavy atom. The number of benzene rings is 2. The maximum atomic E-state index is 13.6. The summed E-state index contributed by atoms with van der Waals surface area (Å²) in [7, 11) is 3.23. The fraction of sp³-hybridized carbons (Fsp3) is 0.355. The average Bonchev–Trinajstić information content (AvgIpc) is 3.33. The Balaban J connectivity index is 1.76. The summed E-state index contributed by atoms with van der Waals surface area (Å²) in [6, 6.07) is 19.6. The predicted octanol–water partition coefficient (Wildman–Crippen LogP) is 5.84. The second kappa shape index (κ2) is 14.4. The fourth-order valence-corrected chi connectivity index (χ4v) is 5.03. The quantitative estimate of drug-likeness (QED) is 0.259. The molecule has 0 radical (unpaired) electrons. The molecule has 0 saturated heterocycles. The molecular formula is C31H38N2O4S. The van der Waals surface area contributed by atoms with Crippen LogP contribution in [0.5, 0.6) is 11.5 Å². The Kier molecular flexibility index (Phi) is 11.0. The van der Waals surface area contributed by atoms with Crippen molar-refractivity contribution in [3.05, 3.63) is 87.6 Å². The second-order valence-corrected chi connectivity index (χ2v) is 11.0. The second-order valence-electron chi connectivity index (χ2n) is 9.62. The normalized spacial score (nSPS) is 11.1. The number of amides is 2. The van der Waals surface area contributed by atoms with Gasteiger partial charge in [-0.1, -0.05) is 50.2 Å². The monoisotopic (exact) mass is 534 g/mol. The molecule has 1 aromatic heterocycles. The van der Waals surface area contributed by atoms with Gasteiger partial charge in [-0.15, -0.1) is 11.3 Å². The summed E-state index contributed by atoms with van der Waals surface area (Å²) in [4.78, 5) is 32.6. The van der Waals surface area contributed by atoms with Crippen LogP contribution in [-0.4, -0.2) is 55.5 Å². The topological polar surface area (TPSA) is 59.1 Å². The van der Waals surface area contributed by atoms with Gasteiger partial charge in [-0.2, -0.15) is 0 Å². The lowest BCUT2D eigenvalue weighted by Gasteiger charge is -2.28. The summed E-state index contributed by atoms with van der Waals surface area (Å²) < 4.78 is 10.8. The molecule has 0 unspecified atom stereocenters. The zero-order chi connectivity index (χ0) is 27.5. The SMILES string of the molecule is COc1ccc(CCN(Cc2ccc(C)s2)C(=O)CN(CC(C)C)C(=O)C=Cc2ccccc2)cc1OC. The van der Waals surface area contributed by atoms with Crippen LogP contribution in [0.4, 0.5) is 0 Å². The number of hydrogen-bond donors (Lipinski definition) is 0. The van der Waals surface area contributed by atoms with Crippen molar-refractivity contribution in [2.45, 2.75) is 33.7 Å². The molecule has 0 atom stereocenters. The number of aryl methyl sites for hydroxylation is 1. The fourth-order valence-electron chi connectivity index (χ4n) is 4.12. The van der Waals surface area contributed by atoms with Gasteiger partial charge in [-0.3, -0.25) is 9.59 Å². The molecule has 7 heteroatoms. The van der Waals surface area contributed by atoms with Gasteiger partial charge in [-0.05, 0) is 60.7 Å².